The number of pyridine rings is 1. The largest absolute Gasteiger partial charge is 0.491 e. The Hall–Kier alpha value is -3.75. The van der Waals surface area contributed by atoms with Gasteiger partial charge in [0.25, 0.3) is 5.56 Å². The summed E-state index contributed by atoms with van der Waals surface area (Å²) in [6.45, 7) is 6.75. The van der Waals surface area contributed by atoms with Gasteiger partial charge >= 0.3 is 0 Å². The van der Waals surface area contributed by atoms with E-state index in [9.17, 15) is 9.90 Å². The highest BCUT2D eigenvalue weighted by Gasteiger charge is 2.11. The molecule has 0 bridgehead atoms. The monoisotopic (exact) mass is 459 g/mol. The summed E-state index contributed by atoms with van der Waals surface area (Å²) in [5.41, 5.74) is 1.89. The van der Waals surface area contributed by atoms with Crippen LogP contribution < -0.4 is 15.6 Å². The Bertz CT molecular complexity index is 1270. The van der Waals surface area contributed by atoms with Crippen LogP contribution in [0.3, 0.4) is 0 Å². The van der Waals surface area contributed by atoms with Crippen molar-refractivity contribution in [3.8, 4) is 11.4 Å². The first-order valence-corrected chi connectivity index (χ1v) is 11.4. The van der Waals surface area contributed by atoms with Crippen molar-refractivity contribution in [2.24, 2.45) is 0 Å². The second-order valence-corrected chi connectivity index (χ2v) is 7.92. The first-order chi connectivity index (χ1) is 16.6. The molecule has 0 fully saturated rings. The molecule has 0 amide bonds. The fraction of sp³-hybridized carbons (Fsp3) is 0.269. The van der Waals surface area contributed by atoms with Gasteiger partial charge in [-0.2, -0.15) is 4.98 Å². The first kappa shape index (κ1) is 23.4. The molecule has 1 atom stereocenters. The molecule has 0 saturated carbocycles. The molecule has 0 aliphatic carbocycles. The summed E-state index contributed by atoms with van der Waals surface area (Å²) >= 11 is 0. The zero-order valence-electron chi connectivity index (χ0n) is 19.4. The van der Waals surface area contributed by atoms with Crippen LogP contribution in [0.25, 0.3) is 16.7 Å². The van der Waals surface area contributed by atoms with Gasteiger partial charge in [0.1, 0.15) is 18.5 Å². The number of fused-ring (bicyclic) bond motifs is 1. The predicted molar refractivity (Wildman–Crippen MR) is 134 cm³/mol. The third kappa shape index (κ3) is 5.59. The highest BCUT2D eigenvalue weighted by molar-refractivity contribution is 5.77. The van der Waals surface area contributed by atoms with Crippen LogP contribution in [0, 0.1) is 0 Å². The van der Waals surface area contributed by atoms with Crippen molar-refractivity contribution in [3.05, 3.63) is 83.3 Å². The molecule has 34 heavy (non-hydrogen) atoms. The van der Waals surface area contributed by atoms with Gasteiger partial charge in [0.05, 0.1) is 5.69 Å². The molecule has 4 rings (SSSR count). The lowest BCUT2D eigenvalue weighted by molar-refractivity contribution is 0.0716. The van der Waals surface area contributed by atoms with Crippen LogP contribution in [-0.4, -0.2) is 56.9 Å². The number of aliphatic hydroxyl groups excluding tert-OH is 1. The van der Waals surface area contributed by atoms with Crippen LogP contribution in [0.2, 0.25) is 0 Å². The molecule has 0 aliphatic rings. The van der Waals surface area contributed by atoms with Crippen LogP contribution in [0.15, 0.2) is 77.7 Å². The molecule has 0 spiro atoms. The van der Waals surface area contributed by atoms with Gasteiger partial charge in [0.15, 0.2) is 5.65 Å². The molecule has 8 nitrogen and oxygen atoms in total. The molecule has 4 aromatic rings. The highest BCUT2D eigenvalue weighted by Crippen LogP contribution is 2.20. The quantitative estimate of drug-likeness (QED) is 0.374. The topological polar surface area (TPSA) is 92.5 Å². The number of anilines is 2. The van der Waals surface area contributed by atoms with E-state index in [0.717, 1.165) is 29.9 Å². The number of nitrogens with one attached hydrogen (secondary N) is 1. The maximum absolute atomic E-state index is 12.6. The molecule has 0 saturated heterocycles. The smallest absolute Gasteiger partial charge is 0.256 e. The number of rotatable bonds is 10. The molecule has 2 N–H and O–H groups in total. The second-order valence-electron chi connectivity index (χ2n) is 7.92. The molecular formula is C26H29N5O3. The number of nitrogens with zero attached hydrogens (tertiary/aromatic N) is 4. The summed E-state index contributed by atoms with van der Waals surface area (Å²) in [7, 11) is 0. The van der Waals surface area contributed by atoms with Gasteiger partial charge in [0.2, 0.25) is 5.95 Å². The lowest BCUT2D eigenvalue weighted by Gasteiger charge is -2.21. The molecule has 0 radical (unpaired) electrons. The number of likely N-dealkylation sites (N-methyl/N-ethyl adjacent to an activating group) is 1. The second kappa shape index (κ2) is 10.9. The molecule has 2 heterocycles. The zero-order chi connectivity index (χ0) is 23.9. The van der Waals surface area contributed by atoms with Crippen LogP contribution in [0.5, 0.6) is 5.75 Å². The predicted octanol–water partition coefficient (Wildman–Crippen LogP) is 3.61. The number of ether oxygens (including phenoxy) is 1. The summed E-state index contributed by atoms with van der Waals surface area (Å²) in [6, 6.07) is 20.0. The summed E-state index contributed by atoms with van der Waals surface area (Å²) in [6.07, 6.45) is 1.14. The third-order valence-electron chi connectivity index (χ3n) is 5.56. The van der Waals surface area contributed by atoms with Gasteiger partial charge in [-0.05, 0) is 55.6 Å². The van der Waals surface area contributed by atoms with E-state index in [1.807, 2.05) is 54.6 Å². The minimum Gasteiger partial charge on any atom is -0.491 e. The fourth-order valence-electron chi connectivity index (χ4n) is 3.69. The molecular weight excluding hydrogens is 430 g/mol. The van der Waals surface area contributed by atoms with Crippen molar-refractivity contribution < 1.29 is 9.84 Å². The Morgan fingerprint density at radius 1 is 1.03 bits per heavy atom. The summed E-state index contributed by atoms with van der Waals surface area (Å²) < 4.78 is 7.30. The van der Waals surface area contributed by atoms with Crippen molar-refractivity contribution in [3.63, 3.8) is 0 Å². The van der Waals surface area contributed by atoms with E-state index in [1.54, 1.807) is 16.8 Å². The SMILES string of the molecule is CCN(CC)CC(O)COc1ccc(Nc2ncc3ccc(=O)n(-c4ccccc4)c3n2)cc1. The minimum absolute atomic E-state index is 0.159. The standard InChI is InChI=1S/C26H29N5O3/c1-3-30(4-2)17-22(32)18-34-23-13-11-20(12-14-23)28-26-27-16-19-10-15-24(33)31(25(19)29-26)21-8-6-5-7-9-21/h5-16,22,32H,3-4,17-18H2,1-2H3,(H,27,28,29). The molecule has 0 aliphatic heterocycles. The summed E-state index contributed by atoms with van der Waals surface area (Å²) in [4.78, 5) is 23.7. The number of aromatic nitrogens is 3. The van der Waals surface area contributed by atoms with Crippen LogP contribution in [-0.2, 0) is 0 Å². The average Bonchev–Trinajstić information content (AvgIpc) is 2.87. The molecule has 2 aromatic carbocycles. The van der Waals surface area contributed by atoms with E-state index in [0.29, 0.717) is 23.9 Å². The maximum Gasteiger partial charge on any atom is 0.256 e. The molecule has 1 unspecified atom stereocenters. The van der Waals surface area contributed by atoms with E-state index >= 15 is 0 Å². The first-order valence-electron chi connectivity index (χ1n) is 11.4. The van der Waals surface area contributed by atoms with E-state index < -0.39 is 6.10 Å². The normalized spacial score (nSPS) is 12.1. The van der Waals surface area contributed by atoms with Gasteiger partial charge in [0, 0.05) is 29.9 Å². The van der Waals surface area contributed by atoms with Crippen LogP contribution in [0.1, 0.15) is 13.8 Å². The number of benzene rings is 2. The molecule has 8 heteroatoms. The highest BCUT2D eigenvalue weighted by atomic mass is 16.5. The van der Waals surface area contributed by atoms with Crippen molar-refractivity contribution in [2.45, 2.75) is 20.0 Å². The van der Waals surface area contributed by atoms with Crippen molar-refractivity contribution in [2.75, 3.05) is 31.6 Å². The zero-order valence-corrected chi connectivity index (χ0v) is 19.4. The fourth-order valence-corrected chi connectivity index (χ4v) is 3.69. The van der Waals surface area contributed by atoms with Gasteiger partial charge in [-0.3, -0.25) is 9.36 Å². The van der Waals surface area contributed by atoms with E-state index in [2.05, 4.69) is 34.0 Å². The van der Waals surface area contributed by atoms with Crippen molar-refractivity contribution in [1.82, 2.24) is 19.4 Å². The van der Waals surface area contributed by atoms with Crippen LogP contribution >= 0.6 is 0 Å². The van der Waals surface area contributed by atoms with E-state index in [4.69, 9.17) is 4.74 Å². The third-order valence-corrected chi connectivity index (χ3v) is 5.56. The lowest BCUT2D eigenvalue weighted by atomic mass is 10.2. The Labute approximate surface area is 198 Å². The number of hydrogen-bond donors (Lipinski definition) is 2. The Morgan fingerprint density at radius 3 is 2.47 bits per heavy atom. The Kier molecular flexibility index (Phi) is 7.51. The molecule has 2 aromatic heterocycles. The summed E-state index contributed by atoms with van der Waals surface area (Å²) in [5.74, 6) is 1.05. The number of aliphatic hydroxyl groups is 1. The van der Waals surface area contributed by atoms with E-state index in [1.165, 1.54) is 6.07 Å². The molecule has 176 valence electrons. The lowest BCUT2D eigenvalue weighted by Crippen LogP contribution is -2.35. The van der Waals surface area contributed by atoms with Gasteiger partial charge in [-0.1, -0.05) is 32.0 Å². The average molecular weight is 460 g/mol. The summed E-state index contributed by atoms with van der Waals surface area (Å²) in [5, 5.41) is 14.1. The van der Waals surface area contributed by atoms with Gasteiger partial charge in [-0.25, -0.2) is 4.98 Å². The van der Waals surface area contributed by atoms with Crippen molar-refractivity contribution in [1.29, 1.82) is 0 Å². The maximum atomic E-state index is 12.6. The van der Waals surface area contributed by atoms with Crippen molar-refractivity contribution >= 4 is 22.7 Å². The Morgan fingerprint density at radius 2 is 1.76 bits per heavy atom. The van der Waals surface area contributed by atoms with E-state index in [-0.39, 0.29) is 12.2 Å². The number of hydrogen-bond acceptors (Lipinski definition) is 7. The minimum atomic E-state index is -0.550. The Balaban J connectivity index is 1.47. The van der Waals surface area contributed by atoms with Gasteiger partial charge < -0.3 is 20.1 Å². The van der Waals surface area contributed by atoms with Gasteiger partial charge in [-0.15, -0.1) is 0 Å². The van der Waals surface area contributed by atoms with Crippen LogP contribution in [0.4, 0.5) is 11.6 Å². The number of para-hydroxylation sites is 1.